The standard InChI is InChI=1S/C26H31FN2O5/c1-25(2,3)20-13-17(14-21(27)22(20)33-4)15-28-11-9-26(10-12-28)16-29(24(32)34-26)19-7-5-18(6-8-19)23(30)31/h5-8,13-14H,9-12,15-16H2,1-4H3,(H,30,31). The van der Waals surface area contributed by atoms with Gasteiger partial charge in [-0.25, -0.2) is 14.0 Å². The van der Waals surface area contributed by atoms with Gasteiger partial charge in [-0.2, -0.15) is 0 Å². The Kier molecular flexibility index (Phi) is 6.29. The average Bonchev–Trinajstić information content (AvgIpc) is 3.10. The van der Waals surface area contributed by atoms with Crippen LogP contribution in [0.2, 0.25) is 0 Å². The fourth-order valence-corrected chi connectivity index (χ4v) is 4.75. The Morgan fingerprint density at radius 3 is 2.38 bits per heavy atom. The molecule has 4 rings (SSSR count). The van der Waals surface area contributed by atoms with Crippen molar-refractivity contribution in [3.05, 3.63) is 58.9 Å². The lowest BCUT2D eigenvalue weighted by Crippen LogP contribution is -2.46. The van der Waals surface area contributed by atoms with E-state index in [9.17, 15) is 14.0 Å². The molecule has 0 aromatic heterocycles. The highest BCUT2D eigenvalue weighted by Crippen LogP contribution is 2.38. The second-order valence-corrected chi connectivity index (χ2v) is 10.2. The first kappa shape index (κ1) is 24.0. The molecule has 0 radical (unpaired) electrons. The summed E-state index contributed by atoms with van der Waals surface area (Å²) >= 11 is 0. The first-order valence-electron chi connectivity index (χ1n) is 11.4. The van der Waals surface area contributed by atoms with Gasteiger partial charge in [0.15, 0.2) is 11.6 Å². The molecule has 2 aliphatic heterocycles. The molecule has 0 atom stereocenters. The van der Waals surface area contributed by atoms with Crippen LogP contribution in [-0.4, -0.2) is 54.4 Å². The average molecular weight is 471 g/mol. The minimum Gasteiger partial charge on any atom is -0.493 e. The van der Waals surface area contributed by atoms with Gasteiger partial charge in [0, 0.05) is 43.7 Å². The number of amides is 1. The van der Waals surface area contributed by atoms with Crippen LogP contribution in [0.5, 0.6) is 5.75 Å². The van der Waals surface area contributed by atoms with Gasteiger partial charge in [0.05, 0.1) is 19.2 Å². The number of aromatic carboxylic acids is 1. The number of likely N-dealkylation sites (tertiary alicyclic amines) is 1. The van der Waals surface area contributed by atoms with Gasteiger partial charge in [0.2, 0.25) is 0 Å². The molecule has 0 bridgehead atoms. The number of carbonyl (C=O) groups is 2. The third kappa shape index (κ3) is 4.73. The van der Waals surface area contributed by atoms with Gasteiger partial charge in [-0.3, -0.25) is 9.80 Å². The van der Waals surface area contributed by atoms with E-state index in [1.165, 1.54) is 25.3 Å². The van der Waals surface area contributed by atoms with Crippen molar-refractivity contribution >= 4 is 17.7 Å². The van der Waals surface area contributed by atoms with Crippen molar-refractivity contribution in [2.24, 2.45) is 0 Å². The number of carboxylic acids is 1. The maximum atomic E-state index is 14.7. The van der Waals surface area contributed by atoms with E-state index in [1.54, 1.807) is 17.0 Å². The molecule has 34 heavy (non-hydrogen) atoms. The van der Waals surface area contributed by atoms with E-state index >= 15 is 0 Å². The van der Waals surface area contributed by atoms with E-state index < -0.39 is 17.7 Å². The fourth-order valence-electron chi connectivity index (χ4n) is 4.75. The number of rotatable bonds is 5. The molecule has 2 aliphatic rings. The van der Waals surface area contributed by atoms with E-state index in [0.29, 0.717) is 37.4 Å². The first-order chi connectivity index (χ1) is 16.0. The highest BCUT2D eigenvalue weighted by atomic mass is 19.1. The van der Waals surface area contributed by atoms with Crippen molar-refractivity contribution < 1.29 is 28.6 Å². The lowest BCUT2D eigenvalue weighted by molar-refractivity contribution is -0.00101. The van der Waals surface area contributed by atoms with Gasteiger partial charge in [-0.1, -0.05) is 26.8 Å². The van der Waals surface area contributed by atoms with Crippen molar-refractivity contribution in [2.75, 3.05) is 31.6 Å². The van der Waals surface area contributed by atoms with Crippen molar-refractivity contribution in [1.82, 2.24) is 4.90 Å². The smallest absolute Gasteiger partial charge is 0.415 e. The summed E-state index contributed by atoms with van der Waals surface area (Å²) in [6, 6.07) is 9.78. The van der Waals surface area contributed by atoms with Crippen LogP contribution < -0.4 is 9.64 Å². The summed E-state index contributed by atoms with van der Waals surface area (Å²) in [4.78, 5) is 27.5. The SMILES string of the molecule is COc1c(F)cc(CN2CCC3(CC2)CN(c2ccc(C(=O)O)cc2)C(=O)O3)cc1C(C)(C)C. The predicted octanol–water partition coefficient (Wildman–Crippen LogP) is 4.82. The molecular formula is C26H31FN2O5. The van der Waals surface area contributed by atoms with Crippen LogP contribution in [0, 0.1) is 5.82 Å². The van der Waals surface area contributed by atoms with E-state index in [1.807, 2.05) is 26.8 Å². The molecule has 182 valence electrons. The monoisotopic (exact) mass is 470 g/mol. The minimum absolute atomic E-state index is 0.170. The van der Waals surface area contributed by atoms with Crippen LogP contribution in [0.4, 0.5) is 14.9 Å². The Morgan fingerprint density at radius 2 is 1.82 bits per heavy atom. The normalized spacial score (nSPS) is 18.3. The number of hydrogen-bond donors (Lipinski definition) is 1. The van der Waals surface area contributed by atoms with E-state index in [2.05, 4.69) is 4.90 Å². The topological polar surface area (TPSA) is 79.3 Å². The number of carboxylic acid groups (broad SMARTS) is 1. The quantitative estimate of drug-likeness (QED) is 0.675. The number of halogens is 1. The minimum atomic E-state index is -1.01. The van der Waals surface area contributed by atoms with Gasteiger partial charge in [0.1, 0.15) is 5.60 Å². The molecule has 8 heteroatoms. The molecule has 0 saturated carbocycles. The summed E-state index contributed by atoms with van der Waals surface area (Å²) in [5.74, 6) is -1.07. The van der Waals surface area contributed by atoms with E-state index in [4.69, 9.17) is 14.6 Å². The first-order valence-corrected chi connectivity index (χ1v) is 11.4. The summed E-state index contributed by atoms with van der Waals surface area (Å²) in [7, 11) is 1.49. The molecule has 2 saturated heterocycles. The van der Waals surface area contributed by atoms with Crippen molar-refractivity contribution in [1.29, 1.82) is 0 Å². The van der Waals surface area contributed by atoms with Gasteiger partial charge >= 0.3 is 12.1 Å². The molecule has 2 aromatic rings. The van der Waals surface area contributed by atoms with Gasteiger partial charge < -0.3 is 14.6 Å². The van der Waals surface area contributed by atoms with Gasteiger partial charge in [-0.05, 0) is 41.3 Å². The fraction of sp³-hybridized carbons (Fsp3) is 0.462. The largest absolute Gasteiger partial charge is 0.493 e. The number of anilines is 1. The molecule has 1 amide bonds. The van der Waals surface area contributed by atoms with Crippen molar-refractivity contribution in [3.63, 3.8) is 0 Å². The summed E-state index contributed by atoms with van der Waals surface area (Å²) in [5.41, 5.74) is 1.70. The van der Waals surface area contributed by atoms with Crippen LogP contribution in [-0.2, 0) is 16.7 Å². The van der Waals surface area contributed by atoms with E-state index in [-0.39, 0.29) is 16.8 Å². The maximum Gasteiger partial charge on any atom is 0.415 e. The number of piperidine rings is 1. The zero-order chi connectivity index (χ0) is 24.7. The van der Waals surface area contributed by atoms with E-state index in [0.717, 1.165) is 24.2 Å². The molecule has 1 N–H and O–H groups in total. The molecule has 2 aromatic carbocycles. The maximum absolute atomic E-state index is 14.7. The lowest BCUT2D eigenvalue weighted by atomic mass is 9.85. The summed E-state index contributed by atoms with van der Waals surface area (Å²) < 4.78 is 25.8. The predicted molar refractivity (Wildman–Crippen MR) is 126 cm³/mol. The summed E-state index contributed by atoms with van der Waals surface area (Å²) in [6.45, 7) is 8.58. The summed E-state index contributed by atoms with van der Waals surface area (Å²) in [6.07, 6.45) is 0.934. The second-order valence-electron chi connectivity index (χ2n) is 10.2. The third-order valence-corrected chi connectivity index (χ3v) is 6.69. The summed E-state index contributed by atoms with van der Waals surface area (Å²) in [5, 5.41) is 9.08. The van der Waals surface area contributed by atoms with Crippen molar-refractivity contribution in [3.8, 4) is 5.75 Å². The van der Waals surface area contributed by atoms with Crippen LogP contribution in [0.3, 0.4) is 0 Å². The molecule has 2 fully saturated rings. The zero-order valence-electron chi connectivity index (χ0n) is 20.1. The Morgan fingerprint density at radius 1 is 1.18 bits per heavy atom. The van der Waals surface area contributed by atoms with Crippen LogP contribution >= 0.6 is 0 Å². The molecule has 7 nitrogen and oxygen atoms in total. The van der Waals surface area contributed by atoms with Crippen LogP contribution in [0.1, 0.15) is 55.1 Å². The number of ether oxygens (including phenoxy) is 2. The van der Waals surface area contributed by atoms with Crippen LogP contribution in [0.25, 0.3) is 0 Å². The number of methoxy groups -OCH3 is 1. The molecule has 2 heterocycles. The van der Waals surface area contributed by atoms with Crippen molar-refractivity contribution in [2.45, 2.75) is 51.2 Å². The Balaban J connectivity index is 1.42. The second kappa shape index (κ2) is 8.91. The van der Waals surface area contributed by atoms with Crippen LogP contribution in [0.15, 0.2) is 36.4 Å². The van der Waals surface area contributed by atoms with Gasteiger partial charge in [-0.15, -0.1) is 0 Å². The number of hydrogen-bond acceptors (Lipinski definition) is 5. The van der Waals surface area contributed by atoms with Gasteiger partial charge in [0.25, 0.3) is 0 Å². The third-order valence-electron chi connectivity index (χ3n) is 6.69. The molecule has 0 unspecified atom stereocenters. The Labute approximate surface area is 199 Å². The zero-order valence-corrected chi connectivity index (χ0v) is 20.1. The Hall–Kier alpha value is -3.13. The molecular weight excluding hydrogens is 439 g/mol. The molecule has 0 aliphatic carbocycles. The Bertz CT molecular complexity index is 1090. The lowest BCUT2D eigenvalue weighted by Gasteiger charge is -2.37. The molecule has 1 spiro atoms. The number of carbonyl (C=O) groups excluding carboxylic acids is 1. The highest BCUT2D eigenvalue weighted by Gasteiger charge is 2.47. The number of nitrogens with zero attached hydrogens (tertiary/aromatic N) is 2. The number of benzene rings is 2. The highest BCUT2D eigenvalue weighted by molar-refractivity contribution is 5.92.